The summed E-state index contributed by atoms with van der Waals surface area (Å²) in [6, 6.07) is 4.05. The molecule has 108 valence electrons. The Labute approximate surface area is 115 Å². The van der Waals surface area contributed by atoms with Crippen molar-refractivity contribution in [3.8, 4) is 0 Å². The number of methoxy groups -OCH3 is 2. The maximum absolute atomic E-state index is 9.47. The number of anilines is 1. The second-order valence-corrected chi connectivity index (χ2v) is 4.61. The smallest absolute Gasteiger partial charge is 0.0931 e. The Balaban J connectivity index is 2.83. The van der Waals surface area contributed by atoms with E-state index < -0.39 is 6.10 Å². The summed E-state index contributed by atoms with van der Waals surface area (Å²) >= 11 is 0. The van der Waals surface area contributed by atoms with Crippen LogP contribution in [-0.4, -0.2) is 50.1 Å². The SMILES string of the molecule is COCCN(c1ccc([C@H](C)O)nc1)C(C)COC. The maximum Gasteiger partial charge on any atom is 0.0931 e. The molecule has 0 aliphatic rings. The van der Waals surface area contributed by atoms with Crippen LogP contribution in [0, 0.1) is 0 Å². The van der Waals surface area contributed by atoms with Gasteiger partial charge in [-0.3, -0.25) is 4.98 Å². The Morgan fingerprint density at radius 1 is 1.26 bits per heavy atom. The number of aromatic nitrogens is 1. The van der Waals surface area contributed by atoms with Gasteiger partial charge in [0.15, 0.2) is 0 Å². The highest BCUT2D eigenvalue weighted by atomic mass is 16.5. The van der Waals surface area contributed by atoms with Gasteiger partial charge in [-0.25, -0.2) is 0 Å². The first-order valence-electron chi connectivity index (χ1n) is 6.48. The van der Waals surface area contributed by atoms with E-state index in [0.29, 0.717) is 18.9 Å². The molecule has 19 heavy (non-hydrogen) atoms. The minimum atomic E-state index is -0.544. The van der Waals surface area contributed by atoms with Gasteiger partial charge in [0, 0.05) is 26.8 Å². The van der Waals surface area contributed by atoms with E-state index in [2.05, 4.69) is 16.8 Å². The zero-order valence-electron chi connectivity index (χ0n) is 12.2. The lowest BCUT2D eigenvalue weighted by Gasteiger charge is -2.30. The van der Waals surface area contributed by atoms with Gasteiger partial charge in [-0.15, -0.1) is 0 Å². The van der Waals surface area contributed by atoms with Crippen molar-refractivity contribution in [3.63, 3.8) is 0 Å². The third-order valence-electron chi connectivity index (χ3n) is 3.01. The van der Waals surface area contributed by atoms with Crippen molar-refractivity contribution < 1.29 is 14.6 Å². The lowest BCUT2D eigenvalue weighted by molar-refractivity contribution is 0.171. The van der Waals surface area contributed by atoms with Crippen LogP contribution in [0.15, 0.2) is 18.3 Å². The average molecular weight is 268 g/mol. The van der Waals surface area contributed by atoms with E-state index in [1.807, 2.05) is 12.1 Å². The molecule has 1 aromatic rings. The molecule has 1 heterocycles. The van der Waals surface area contributed by atoms with E-state index in [4.69, 9.17) is 9.47 Å². The van der Waals surface area contributed by atoms with E-state index >= 15 is 0 Å². The summed E-state index contributed by atoms with van der Waals surface area (Å²) < 4.78 is 10.3. The summed E-state index contributed by atoms with van der Waals surface area (Å²) in [6.45, 7) is 5.87. The molecule has 0 aliphatic carbocycles. The highest BCUT2D eigenvalue weighted by Gasteiger charge is 2.15. The van der Waals surface area contributed by atoms with Crippen LogP contribution in [0.1, 0.15) is 25.6 Å². The zero-order valence-corrected chi connectivity index (χ0v) is 12.2. The summed E-state index contributed by atoms with van der Waals surface area (Å²) in [6.07, 6.45) is 1.24. The Hall–Kier alpha value is -1.17. The lowest BCUT2D eigenvalue weighted by atomic mass is 10.2. The van der Waals surface area contributed by atoms with E-state index in [0.717, 1.165) is 12.2 Å². The fraction of sp³-hybridized carbons (Fsp3) is 0.643. The molecule has 0 amide bonds. The Morgan fingerprint density at radius 2 is 2.00 bits per heavy atom. The van der Waals surface area contributed by atoms with Crippen LogP contribution in [0.5, 0.6) is 0 Å². The van der Waals surface area contributed by atoms with Crippen molar-refractivity contribution in [2.75, 3.05) is 38.9 Å². The fourth-order valence-corrected chi connectivity index (χ4v) is 1.94. The van der Waals surface area contributed by atoms with E-state index in [1.165, 1.54) is 0 Å². The quantitative estimate of drug-likeness (QED) is 0.776. The standard InChI is InChI=1S/C14H24N2O3/c1-11(10-19-4)16(7-8-18-3)13-5-6-14(12(2)17)15-9-13/h5-6,9,11-12,17H,7-8,10H2,1-4H3/t11?,12-/m0/s1. The van der Waals surface area contributed by atoms with Crippen molar-refractivity contribution in [1.29, 1.82) is 0 Å². The van der Waals surface area contributed by atoms with Crippen LogP contribution in [0.3, 0.4) is 0 Å². The summed E-state index contributed by atoms with van der Waals surface area (Å²) in [5, 5.41) is 9.47. The van der Waals surface area contributed by atoms with Gasteiger partial charge in [0.25, 0.3) is 0 Å². The Bertz CT molecular complexity index is 354. The van der Waals surface area contributed by atoms with E-state index in [9.17, 15) is 5.11 Å². The number of rotatable bonds is 8. The molecule has 0 saturated carbocycles. The van der Waals surface area contributed by atoms with Crippen LogP contribution in [0.4, 0.5) is 5.69 Å². The number of hydrogen-bond acceptors (Lipinski definition) is 5. The number of nitrogens with zero attached hydrogens (tertiary/aromatic N) is 2. The van der Waals surface area contributed by atoms with Crippen LogP contribution in [0.2, 0.25) is 0 Å². The van der Waals surface area contributed by atoms with Gasteiger partial charge in [0.05, 0.1) is 36.9 Å². The minimum absolute atomic E-state index is 0.236. The Kier molecular flexibility index (Phi) is 6.77. The van der Waals surface area contributed by atoms with Crippen molar-refractivity contribution in [1.82, 2.24) is 4.98 Å². The summed E-state index contributed by atoms with van der Waals surface area (Å²) in [4.78, 5) is 6.46. The molecule has 1 rings (SSSR count). The fourth-order valence-electron chi connectivity index (χ4n) is 1.94. The van der Waals surface area contributed by atoms with Crippen molar-refractivity contribution in [3.05, 3.63) is 24.0 Å². The van der Waals surface area contributed by atoms with Crippen molar-refractivity contribution >= 4 is 5.69 Å². The average Bonchev–Trinajstić information content (AvgIpc) is 2.40. The minimum Gasteiger partial charge on any atom is -0.387 e. The largest absolute Gasteiger partial charge is 0.387 e. The van der Waals surface area contributed by atoms with Crippen molar-refractivity contribution in [2.24, 2.45) is 0 Å². The zero-order chi connectivity index (χ0) is 14.3. The number of aliphatic hydroxyl groups is 1. The van der Waals surface area contributed by atoms with Gasteiger partial charge < -0.3 is 19.5 Å². The van der Waals surface area contributed by atoms with Crippen LogP contribution >= 0.6 is 0 Å². The third-order valence-corrected chi connectivity index (χ3v) is 3.01. The van der Waals surface area contributed by atoms with Gasteiger partial charge in [-0.05, 0) is 26.0 Å². The predicted octanol–water partition coefficient (Wildman–Crippen LogP) is 1.62. The second kappa shape index (κ2) is 8.09. The monoisotopic (exact) mass is 268 g/mol. The molecular weight excluding hydrogens is 244 g/mol. The molecule has 0 aliphatic heterocycles. The molecule has 1 unspecified atom stereocenters. The van der Waals surface area contributed by atoms with Gasteiger partial charge in [-0.2, -0.15) is 0 Å². The molecule has 0 saturated heterocycles. The second-order valence-electron chi connectivity index (χ2n) is 4.61. The molecule has 0 spiro atoms. The number of ether oxygens (including phenoxy) is 2. The summed E-state index contributed by atoms with van der Waals surface area (Å²) in [5.41, 5.74) is 1.68. The molecule has 0 fully saturated rings. The van der Waals surface area contributed by atoms with Crippen LogP contribution in [0.25, 0.3) is 0 Å². The maximum atomic E-state index is 9.47. The number of pyridine rings is 1. The predicted molar refractivity (Wildman–Crippen MR) is 75.4 cm³/mol. The van der Waals surface area contributed by atoms with Gasteiger partial charge >= 0.3 is 0 Å². The topological polar surface area (TPSA) is 54.8 Å². The molecular formula is C14H24N2O3. The first kappa shape index (κ1) is 15.9. The first-order chi connectivity index (χ1) is 9.10. The number of aliphatic hydroxyl groups excluding tert-OH is 1. The summed E-state index contributed by atoms with van der Waals surface area (Å²) in [7, 11) is 3.38. The molecule has 0 bridgehead atoms. The number of hydrogen-bond donors (Lipinski definition) is 1. The molecule has 0 aromatic carbocycles. The van der Waals surface area contributed by atoms with Gasteiger partial charge in [-0.1, -0.05) is 0 Å². The molecule has 2 atom stereocenters. The Morgan fingerprint density at radius 3 is 2.47 bits per heavy atom. The van der Waals surface area contributed by atoms with Gasteiger partial charge in [0.2, 0.25) is 0 Å². The molecule has 5 heteroatoms. The third kappa shape index (κ3) is 4.78. The first-order valence-corrected chi connectivity index (χ1v) is 6.48. The molecule has 1 N–H and O–H groups in total. The van der Waals surface area contributed by atoms with E-state index in [1.54, 1.807) is 27.3 Å². The lowest BCUT2D eigenvalue weighted by Crippen LogP contribution is -2.38. The highest BCUT2D eigenvalue weighted by Crippen LogP contribution is 2.18. The summed E-state index contributed by atoms with van der Waals surface area (Å²) in [5.74, 6) is 0. The van der Waals surface area contributed by atoms with E-state index in [-0.39, 0.29) is 6.04 Å². The highest BCUT2D eigenvalue weighted by molar-refractivity contribution is 5.45. The van der Waals surface area contributed by atoms with Crippen LogP contribution < -0.4 is 4.90 Å². The molecule has 1 aromatic heterocycles. The van der Waals surface area contributed by atoms with Crippen molar-refractivity contribution in [2.45, 2.75) is 26.0 Å². The normalized spacial score (nSPS) is 14.2. The van der Waals surface area contributed by atoms with Gasteiger partial charge in [0.1, 0.15) is 0 Å². The molecule has 5 nitrogen and oxygen atoms in total. The molecule has 0 radical (unpaired) electrons. The van der Waals surface area contributed by atoms with Crippen LogP contribution in [-0.2, 0) is 9.47 Å².